The third kappa shape index (κ3) is 2.66. The SMILES string of the molecule is C[C@@H]1CCCC[C@H]1N1C(=O)C(=O)N(CC(=O)C23CC4CC(CC(C4)C2)C3)C1=O. The third-order valence-electron chi connectivity index (χ3n) is 8.41. The minimum absolute atomic E-state index is 0.0136. The van der Waals surface area contributed by atoms with Gasteiger partial charge in [0.2, 0.25) is 0 Å². The first-order chi connectivity index (χ1) is 13.4. The maximum atomic E-state index is 13.3. The monoisotopic (exact) mass is 386 g/mol. The molecule has 1 saturated heterocycles. The normalized spacial score (nSPS) is 42.6. The van der Waals surface area contributed by atoms with E-state index in [-0.39, 0.29) is 29.7 Å². The highest BCUT2D eigenvalue weighted by Gasteiger charge is 2.56. The smallest absolute Gasteiger partial charge is 0.297 e. The Morgan fingerprint density at radius 2 is 1.50 bits per heavy atom. The van der Waals surface area contributed by atoms with Crippen molar-refractivity contribution < 1.29 is 19.2 Å². The van der Waals surface area contributed by atoms with E-state index < -0.39 is 17.8 Å². The van der Waals surface area contributed by atoms with E-state index in [1.54, 1.807) is 0 Å². The van der Waals surface area contributed by atoms with Gasteiger partial charge in [0, 0.05) is 11.5 Å². The quantitative estimate of drug-likeness (QED) is 0.549. The zero-order valence-electron chi connectivity index (χ0n) is 16.7. The number of amides is 4. The Labute approximate surface area is 166 Å². The van der Waals surface area contributed by atoms with Crippen LogP contribution in [0.3, 0.4) is 0 Å². The molecule has 5 aliphatic carbocycles. The Hall–Kier alpha value is -1.72. The van der Waals surface area contributed by atoms with E-state index in [2.05, 4.69) is 0 Å². The molecule has 0 aromatic rings. The highest BCUT2D eigenvalue weighted by atomic mass is 16.2. The maximum absolute atomic E-state index is 13.3. The predicted octanol–water partition coefficient (Wildman–Crippen LogP) is 3.14. The molecular weight excluding hydrogens is 356 g/mol. The van der Waals surface area contributed by atoms with Crippen molar-refractivity contribution >= 4 is 23.6 Å². The summed E-state index contributed by atoms with van der Waals surface area (Å²) < 4.78 is 0. The second-order valence-corrected chi connectivity index (χ2v) is 10.3. The number of ketones is 1. The van der Waals surface area contributed by atoms with Crippen LogP contribution < -0.4 is 0 Å². The Balaban J connectivity index is 1.34. The van der Waals surface area contributed by atoms with Gasteiger partial charge < -0.3 is 0 Å². The second-order valence-electron chi connectivity index (χ2n) is 10.3. The topological polar surface area (TPSA) is 74.8 Å². The van der Waals surface area contributed by atoms with Crippen LogP contribution in [-0.4, -0.2) is 46.0 Å². The second kappa shape index (κ2) is 6.39. The molecule has 1 heterocycles. The highest BCUT2D eigenvalue weighted by Crippen LogP contribution is 2.60. The van der Waals surface area contributed by atoms with Gasteiger partial charge in [-0.15, -0.1) is 0 Å². The molecule has 0 unspecified atom stereocenters. The molecule has 28 heavy (non-hydrogen) atoms. The van der Waals surface area contributed by atoms with Crippen molar-refractivity contribution in [2.24, 2.45) is 29.1 Å². The van der Waals surface area contributed by atoms with E-state index in [1.807, 2.05) is 6.92 Å². The number of nitrogens with zero attached hydrogens (tertiary/aromatic N) is 2. The van der Waals surface area contributed by atoms with Gasteiger partial charge in [-0.3, -0.25) is 19.3 Å². The molecule has 5 saturated carbocycles. The van der Waals surface area contributed by atoms with Crippen molar-refractivity contribution in [1.82, 2.24) is 9.80 Å². The number of hydrogen-bond donors (Lipinski definition) is 0. The molecule has 0 aromatic heterocycles. The lowest BCUT2D eigenvalue weighted by Gasteiger charge is -2.56. The zero-order chi connectivity index (χ0) is 19.6. The number of rotatable bonds is 4. The van der Waals surface area contributed by atoms with Crippen LogP contribution in [0.15, 0.2) is 0 Å². The van der Waals surface area contributed by atoms with Gasteiger partial charge in [0.25, 0.3) is 0 Å². The highest BCUT2D eigenvalue weighted by molar-refractivity contribution is 6.45. The molecule has 4 amide bonds. The number of urea groups is 1. The summed E-state index contributed by atoms with van der Waals surface area (Å²) in [6.45, 7) is 1.82. The van der Waals surface area contributed by atoms with Crippen LogP contribution >= 0.6 is 0 Å². The van der Waals surface area contributed by atoms with Gasteiger partial charge in [-0.05, 0) is 75.0 Å². The zero-order valence-corrected chi connectivity index (χ0v) is 16.7. The summed E-state index contributed by atoms with van der Waals surface area (Å²) in [5.41, 5.74) is -0.357. The Morgan fingerprint density at radius 1 is 0.929 bits per heavy atom. The van der Waals surface area contributed by atoms with Crippen molar-refractivity contribution in [2.45, 2.75) is 77.2 Å². The molecule has 6 heteroatoms. The van der Waals surface area contributed by atoms with Crippen molar-refractivity contribution in [3.8, 4) is 0 Å². The molecule has 6 rings (SSSR count). The van der Waals surface area contributed by atoms with Crippen molar-refractivity contribution in [3.63, 3.8) is 0 Å². The molecule has 6 fully saturated rings. The molecule has 4 bridgehead atoms. The maximum Gasteiger partial charge on any atom is 0.334 e. The summed E-state index contributed by atoms with van der Waals surface area (Å²) in [4.78, 5) is 53.6. The molecule has 152 valence electrons. The molecule has 0 N–H and O–H groups in total. The fourth-order valence-electron chi connectivity index (χ4n) is 7.40. The van der Waals surface area contributed by atoms with Gasteiger partial charge in [-0.2, -0.15) is 0 Å². The van der Waals surface area contributed by atoms with Crippen LogP contribution in [0.25, 0.3) is 0 Å². The Morgan fingerprint density at radius 3 is 2.07 bits per heavy atom. The molecule has 6 aliphatic rings. The number of carbonyl (C=O) groups is 4. The lowest BCUT2D eigenvalue weighted by atomic mass is 9.48. The third-order valence-corrected chi connectivity index (χ3v) is 8.41. The molecule has 0 spiro atoms. The first kappa shape index (κ1) is 18.3. The molecule has 2 atom stereocenters. The minimum atomic E-state index is -0.805. The van der Waals surface area contributed by atoms with Gasteiger partial charge in [0.1, 0.15) is 0 Å². The van der Waals surface area contributed by atoms with Crippen LogP contribution in [0.1, 0.15) is 71.1 Å². The fraction of sp³-hybridized carbons (Fsp3) is 0.818. The van der Waals surface area contributed by atoms with Crippen LogP contribution in [0.2, 0.25) is 0 Å². The van der Waals surface area contributed by atoms with Crippen LogP contribution in [-0.2, 0) is 14.4 Å². The summed E-state index contributed by atoms with van der Waals surface area (Å²) in [6, 6.07) is -0.774. The number of carbonyl (C=O) groups excluding carboxylic acids is 4. The summed E-state index contributed by atoms with van der Waals surface area (Å²) in [5.74, 6) is 0.556. The van der Waals surface area contributed by atoms with Crippen LogP contribution in [0.4, 0.5) is 4.79 Å². The van der Waals surface area contributed by atoms with Crippen molar-refractivity contribution in [2.75, 3.05) is 6.54 Å². The van der Waals surface area contributed by atoms with Gasteiger partial charge in [0.05, 0.1) is 6.54 Å². The molecular formula is C22H30N2O4. The Kier molecular flexibility index (Phi) is 4.18. The fourth-order valence-corrected chi connectivity index (χ4v) is 7.40. The first-order valence-electron chi connectivity index (χ1n) is 11.1. The molecule has 6 nitrogen and oxygen atoms in total. The lowest BCUT2D eigenvalue weighted by molar-refractivity contribution is -0.149. The summed E-state index contributed by atoms with van der Waals surface area (Å²) in [6.07, 6.45) is 10.2. The summed E-state index contributed by atoms with van der Waals surface area (Å²) in [5, 5.41) is 0. The lowest BCUT2D eigenvalue weighted by Crippen LogP contribution is -2.53. The van der Waals surface area contributed by atoms with E-state index >= 15 is 0 Å². The van der Waals surface area contributed by atoms with Crippen LogP contribution in [0.5, 0.6) is 0 Å². The van der Waals surface area contributed by atoms with E-state index in [0.29, 0.717) is 17.8 Å². The number of Topliss-reactive ketones (excluding diaryl/α,β-unsaturated/α-hetero) is 1. The molecule has 1 aliphatic heterocycles. The van der Waals surface area contributed by atoms with Crippen LogP contribution in [0, 0.1) is 29.1 Å². The molecule has 0 radical (unpaired) electrons. The predicted molar refractivity (Wildman–Crippen MR) is 101 cm³/mol. The number of imide groups is 2. The summed E-state index contributed by atoms with van der Waals surface area (Å²) in [7, 11) is 0. The number of hydrogen-bond acceptors (Lipinski definition) is 4. The average molecular weight is 386 g/mol. The van der Waals surface area contributed by atoms with E-state index in [4.69, 9.17) is 0 Å². The van der Waals surface area contributed by atoms with E-state index in [1.165, 1.54) is 24.2 Å². The average Bonchev–Trinajstić information content (AvgIpc) is 2.85. The largest absolute Gasteiger partial charge is 0.334 e. The summed E-state index contributed by atoms with van der Waals surface area (Å²) >= 11 is 0. The van der Waals surface area contributed by atoms with Crippen molar-refractivity contribution in [1.29, 1.82) is 0 Å². The standard InChI is InChI=1S/C22H30N2O4/c1-13-4-2-3-5-17(13)24-20(27)19(26)23(21(24)28)12-18(25)22-9-14-6-15(10-22)8-16(7-14)11-22/h13-17H,2-12H2,1H3/t13-,14?,15?,16?,17-,22?/m1/s1. The van der Waals surface area contributed by atoms with Gasteiger partial charge >= 0.3 is 17.8 Å². The van der Waals surface area contributed by atoms with Gasteiger partial charge in [0.15, 0.2) is 5.78 Å². The van der Waals surface area contributed by atoms with Gasteiger partial charge in [-0.25, -0.2) is 9.69 Å². The van der Waals surface area contributed by atoms with E-state index in [9.17, 15) is 19.2 Å². The van der Waals surface area contributed by atoms with Gasteiger partial charge in [-0.1, -0.05) is 19.8 Å². The Bertz CT molecular complexity index is 710. The van der Waals surface area contributed by atoms with E-state index in [0.717, 1.165) is 49.8 Å². The first-order valence-corrected chi connectivity index (χ1v) is 11.1. The molecule has 0 aromatic carbocycles. The minimum Gasteiger partial charge on any atom is -0.297 e. The van der Waals surface area contributed by atoms with Crippen molar-refractivity contribution in [3.05, 3.63) is 0 Å².